The number of carbonyl (C=O) groups excluding carboxylic acids is 2. The molecule has 0 bridgehead atoms. The Balaban J connectivity index is 1.41. The normalized spacial score (nSPS) is 18.8. The summed E-state index contributed by atoms with van der Waals surface area (Å²) >= 11 is 0. The first-order valence-electron chi connectivity index (χ1n) is 12.1. The van der Waals surface area contributed by atoms with Crippen LogP contribution < -0.4 is 15.1 Å². The zero-order chi connectivity index (χ0) is 28.3. The van der Waals surface area contributed by atoms with Gasteiger partial charge in [0.1, 0.15) is 11.8 Å². The number of cyclic esters (lactones) is 1. The Morgan fingerprint density at radius 1 is 1.08 bits per heavy atom. The summed E-state index contributed by atoms with van der Waals surface area (Å²) in [5.41, 5.74) is 0.722. The van der Waals surface area contributed by atoms with E-state index in [-0.39, 0.29) is 30.0 Å². The molecule has 0 spiro atoms. The number of benzene rings is 2. The van der Waals surface area contributed by atoms with Crippen LogP contribution in [0.15, 0.2) is 36.4 Å². The van der Waals surface area contributed by atoms with Gasteiger partial charge in [-0.3, -0.25) is 9.69 Å². The number of anilines is 2. The number of likely N-dealkylation sites (N-methyl/N-ethyl adjacent to an activating group) is 1. The van der Waals surface area contributed by atoms with Gasteiger partial charge >= 0.3 is 18.5 Å². The van der Waals surface area contributed by atoms with Crippen molar-refractivity contribution in [3.05, 3.63) is 59.2 Å². The van der Waals surface area contributed by atoms with Crippen LogP contribution in [-0.4, -0.2) is 91.9 Å². The summed E-state index contributed by atoms with van der Waals surface area (Å²) in [5.74, 6) is -4.29. The second kappa shape index (κ2) is 11.9. The summed E-state index contributed by atoms with van der Waals surface area (Å²) < 4.78 is 60.2. The van der Waals surface area contributed by atoms with Gasteiger partial charge in [-0.2, -0.15) is 8.78 Å². The molecule has 0 radical (unpaired) electrons. The Labute approximate surface area is 221 Å². The van der Waals surface area contributed by atoms with Crippen molar-refractivity contribution >= 4 is 29.3 Å². The van der Waals surface area contributed by atoms with E-state index in [9.17, 15) is 23.2 Å². The second-order valence-electron chi connectivity index (χ2n) is 9.18. The molecule has 2 fully saturated rings. The first-order valence-corrected chi connectivity index (χ1v) is 12.1. The van der Waals surface area contributed by atoms with E-state index < -0.39 is 42.1 Å². The van der Waals surface area contributed by atoms with Gasteiger partial charge in [0, 0.05) is 51.9 Å². The first-order chi connectivity index (χ1) is 18.5. The lowest BCUT2D eigenvalue weighted by atomic mass is 10.1. The second-order valence-corrected chi connectivity index (χ2v) is 9.18. The Bertz CT molecular complexity index is 1210. The quantitative estimate of drug-likeness (QED) is 0.481. The number of carbonyl (C=O) groups is 3. The third kappa shape index (κ3) is 6.57. The van der Waals surface area contributed by atoms with E-state index in [4.69, 9.17) is 9.84 Å². The van der Waals surface area contributed by atoms with Gasteiger partial charge in [0.05, 0.1) is 24.3 Å². The number of carboxylic acid groups (broad SMARTS) is 1. The molecule has 39 heavy (non-hydrogen) atoms. The fourth-order valence-electron chi connectivity index (χ4n) is 4.45. The minimum atomic E-state index is -3.22. The Morgan fingerprint density at radius 2 is 1.72 bits per heavy atom. The molecule has 2 N–H and O–H groups in total. The third-order valence-electron chi connectivity index (χ3n) is 6.58. The molecular weight excluding hydrogens is 526 g/mol. The number of nitrogens with zero attached hydrogens (tertiary/aromatic N) is 4. The van der Waals surface area contributed by atoms with E-state index in [1.54, 1.807) is 17.0 Å². The summed E-state index contributed by atoms with van der Waals surface area (Å²) in [6.07, 6.45) is -5.09. The van der Waals surface area contributed by atoms with Crippen molar-refractivity contribution in [2.75, 3.05) is 56.1 Å². The van der Waals surface area contributed by atoms with Crippen LogP contribution in [0.2, 0.25) is 0 Å². The SMILES string of the molecule is CN1CCN(c2c(F)cc(N3C[C@H](CNC(=O)C(F)F)OC3=O)cc2F)CCN1Cc1ccc(C(=O)O)cc1. The van der Waals surface area contributed by atoms with Crippen molar-refractivity contribution in [3.8, 4) is 0 Å². The van der Waals surface area contributed by atoms with Crippen LogP contribution in [0.4, 0.5) is 33.7 Å². The Morgan fingerprint density at radius 3 is 2.33 bits per heavy atom. The van der Waals surface area contributed by atoms with Gasteiger partial charge in [-0.15, -0.1) is 0 Å². The molecule has 2 aromatic rings. The van der Waals surface area contributed by atoms with Crippen molar-refractivity contribution < 1.29 is 41.8 Å². The van der Waals surface area contributed by atoms with Crippen molar-refractivity contribution in [2.24, 2.45) is 0 Å². The number of amides is 2. The maximum Gasteiger partial charge on any atom is 0.414 e. The molecule has 2 aliphatic rings. The van der Waals surface area contributed by atoms with E-state index in [1.807, 2.05) is 22.4 Å². The number of hydrogen-bond donors (Lipinski definition) is 2. The fraction of sp³-hybridized carbons (Fsp3) is 0.400. The molecule has 0 saturated carbocycles. The molecular formula is C25H27F4N5O5. The average Bonchev–Trinajstić information content (AvgIpc) is 3.17. The number of aromatic carboxylic acids is 1. The van der Waals surface area contributed by atoms with E-state index >= 15 is 8.78 Å². The molecule has 14 heteroatoms. The van der Waals surface area contributed by atoms with E-state index in [0.717, 1.165) is 22.6 Å². The number of hydrazine groups is 1. The molecule has 10 nitrogen and oxygen atoms in total. The average molecular weight is 554 g/mol. The smallest absolute Gasteiger partial charge is 0.414 e. The number of ether oxygens (including phenoxy) is 1. The van der Waals surface area contributed by atoms with Gasteiger partial charge < -0.3 is 20.1 Å². The van der Waals surface area contributed by atoms with Crippen LogP contribution in [0.5, 0.6) is 0 Å². The maximum absolute atomic E-state index is 15.2. The fourth-order valence-corrected chi connectivity index (χ4v) is 4.45. The molecule has 0 aliphatic carbocycles. The minimum absolute atomic E-state index is 0.0974. The Hall–Kier alpha value is -3.91. The van der Waals surface area contributed by atoms with Gasteiger partial charge in [0.25, 0.3) is 5.91 Å². The summed E-state index contributed by atoms with van der Waals surface area (Å²) in [6.45, 7) is 1.43. The molecule has 1 atom stereocenters. The zero-order valence-corrected chi connectivity index (χ0v) is 20.9. The molecule has 210 valence electrons. The molecule has 2 aromatic carbocycles. The van der Waals surface area contributed by atoms with E-state index in [2.05, 4.69) is 0 Å². The number of alkyl halides is 2. The third-order valence-corrected chi connectivity index (χ3v) is 6.58. The van der Waals surface area contributed by atoms with Crippen LogP contribution in [0.25, 0.3) is 0 Å². The zero-order valence-electron chi connectivity index (χ0n) is 20.9. The largest absolute Gasteiger partial charge is 0.478 e. The summed E-state index contributed by atoms with van der Waals surface area (Å²) in [6, 6.07) is 8.50. The predicted molar refractivity (Wildman–Crippen MR) is 132 cm³/mol. The highest BCUT2D eigenvalue weighted by molar-refractivity contribution is 5.90. The van der Waals surface area contributed by atoms with E-state index in [1.165, 1.54) is 12.1 Å². The summed E-state index contributed by atoms with van der Waals surface area (Å²) in [7, 11) is 1.85. The van der Waals surface area contributed by atoms with Crippen molar-refractivity contribution in [3.63, 3.8) is 0 Å². The monoisotopic (exact) mass is 553 g/mol. The van der Waals surface area contributed by atoms with Crippen LogP contribution in [-0.2, 0) is 16.1 Å². The number of carboxylic acids is 1. The topological polar surface area (TPSA) is 106 Å². The Kier molecular flexibility index (Phi) is 8.55. The highest BCUT2D eigenvalue weighted by Gasteiger charge is 2.34. The molecule has 2 aliphatic heterocycles. The number of rotatable bonds is 8. The molecule has 2 saturated heterocycles. The minimum Gasteiger partial charge on any atom is -0.478 e. The maximum atomic E-state index is 15.2. The van der Waals surface area contributed by atoms with Gasteiger partial charge in [0.15, 0.2) is 11.6 Å². The van der Waals surface area contributed by atoms with Crippen molar-refractivity contribution in [1.82, 2.24) is 15.3 Å². The number of nitrogens with one attached hydrogen (secondary N) is 1. The lowest BCUT2D eigenvalue weighted by molar-refractivity contribution is -0.132. The van der Waals surface area contributed by atoms with Crippen LogP contribution in [0.1, 0.15) is 15.9 Å². The predicted octanol–water partition coefficient (Wildman–Crippen LogP) is 2.54. The number of hydrogen-bond acceptors (Lipinski definition) is 7. The summed E-state index contributed by atoms with van der Waals surface area (Å²) in [4.78, 5) is 36.9. The summed E-state index contributed by atoms with van der Waals surface area (Å²) in [5, 5.41) is 14.9. The molecule has 0 unspecified atom stereocenters. The van der Waals surface area contributed by atoms with E-state index in [0.29, 0.717) is 32.7 Å². The molecule has 2 heterocycles. The lowest BCUT2D eigenvalue weighted by Crippen LogP contribution is -2.40. The highest BCUT2D eigenvalue weighted by atomic mass is 19.3. The number of halogens is 4. The van der Waals surface area contributed by atoms with Gasteiger partial charge in [-0.05, 0) is 17.7 Å². The molecule has 4 rings (SSSR count). The highest BCUT2D eigenvalue weighted by Crippen LogP contribution is 2.31. The van der Waals surface area contributed by atoms with Crippen LogP contribution in [0, 0.1) is 11.6 Å². The van der Waals surface area contributed by atoms with Crippen molar-refractivity contribution in [1.29, 1.82) is 0 Å². The van der Waals surface area contributed by atoms with Gasteiger partial charge in [0.2, 0.25) is 0 Å². The van der Waals surface area contributed by atoms with Crippen LogP contribution >= 0.6 is 0 Å². The van der Waals surface area contributed by atoms with Crippen molar-refractivity contribution in [2.45, 2.75) is 19.1 Å². The van der Waals surface area contributed by atoms with Crippen LogP contribution in [0.3, 0.4) is 0 Å². The van der Waals surface area contributed by atoms with Gasteiger partial charge in [-0.25, -0.2) is 28.4 Å². The first kappa shape index (κ1) is 28.1. The molecule has 0 aromatic heterocycles. The van der Waals surface area contributed by atoms with Gasteiger partial charge in [-0.1, -0.05) is 12.1 Å². The standard InChI is InChI=1S/C25H27F4N5O5/c1-31-6-7-32(8-9-33(31)13-15-2-4-16(5-3-15)24(36)37)21-19(26)10-17(11-20(21)27)34-14-18(39-25(34)38)12-30-23(35)22(28)29/h2-5,10-11,18,22H,6-9,12-14H2,1H3,(H,30,35)(H,36,37)/t18-/m0/s1. The lowest BCUT2D eigenvalue weighted by Gasteiger charge is -2.29. The molecule has 2 amide bonds.